The summed E-state index contributed by atoms with van der Waals surface area (Å²) in [6.07, 6.45) is 0. The molecule has 0 fully saturated rings. The van der Waals surface area contributed by atoms with Gasteiger partial charge in [0.1, 0.15) is 5.01 Å². The molecule has 0 radical (unpaired) electrons. The van der Waals surface area contributed by atoms with Gasteiger partial charge in [-0.15, -0.1) is 11.3 Å². The molecule has 0 unspecified atom stereocenters. The molecule has 3 aromatic rings. The topological polar surface area (TPSA) is 33.2 Å². The maximum absolute atomic E-state index is 12.6. The van der Waals surface area contributed by atoms with Crippen molar-refractivity contribution < 1.29 is 4.79 Å². The third-order valence-corrected chi connectivity index (χ3v) is 4.70. The average Bonchev–Trinajstić information content (AvgIpc) is 2.91. The summed E-state index contributed by atoms with van der Waals surface area (Å²) < 4.78 is 1.16. The number of amides is 1. The summed E-state index contributed by atoms with van der Waals surface area (Å²) >= 11 is 1.64. The fraction of sp³-hybridized carbons (Fsp3) is 0.222. The summed E-state index contributed by atoms with van der Waals surface area (Å²) in [6.45, 7) is 4.51. The molecule has 0 aliphatic rings. The van der Waals surface area contributed by atoms with E-state index in [1.54, 1.807) is 16.2 Å². The SMILES string of the molecule is Cc1ccc(C)c(C(=O)N(C)Cc2nc3ccccc3s2)c1. The van der Waals surface area contributed by atoms with Crippen LogP contribution in [0.4, 0.5) is 0 Å². The summed E-state index contributed by atoms with van der Waals surface area (Å²) in [7, 11) is 1.83. The number of nitrogens with zero attached hydrogens (tertiary/aromatic N) is 2. The molecule has 4 heteroatoms. The van der Waals surface area contributed by atoms with Crippen molar-refractivity contribution in [1.82, 2.24) is 9.88 Å². The lowest BCUT2D eigenvalue weighted by Crippen LogP contribution is -2.26. The normalized spacial score (nSPS) is 10.9. The van der Waals surface area contributed by atoms with E-state index in [9.17, 15) is 4.79 Å². The van der Waals surface area contributed by atoms with Gasteiger partial charge in [0.25, 0.3) is 5.91 Å². The van der Waals surface area contributed by atoms with Gasteiger partial charge in [-0.1, -0.05) is 29.8 Å². The Morgan fingerprint density at radius 2 is 1.95 bits per heavy atom. The van der Waals surface area contributed by atoms with Crippen molar-refractivity contribution >= 4 is 27.5 Å². The first-order chi connectivity index (χ1) is 10.5. The monoisotopic (exact) mass is 310 g/mol. The molecule has 0 aliphatic heterocycles. The highest BCUT2D eigenvalue weighted by molar-refractivity contribution is 7.18. The summed E-state index contributed by atoms with van der Waals surface area (Å²) in [5.41, 5.74) is 3.87. The Balaban J connectivity index is 1.82. The maximum Gasteiger partial charge on any atom is 0.254 e. The van der Waals surface area contributed by atoms with E-state index >= 15 is 0 Å². The van der Waals surface area contributed by atoms with Crippen LogP contribution in [0, 0.1) is 13.8 Å². The zero-order valence-corrected chi connectivity index (χ0v) is 13.8. The highest BCUT2D eigenvalue weighted by Gasteiger charge is 2.16. The molecule has 3 rings (SSSR count). The van der Waals surface area contributed by atoms with Crippen molar-refractivity contribution in [3.8, 4) is 0 Å². The minimum atomic E-state index is 0.0421. The second-order valence-corrected chi connectivity index (χ2v) is 6.67. The van der Waals surface area contributed by atoms with Crippen LogP contribution < -0.4 is 0 Å². The predicted molar refractivity (Wildman–Crippen MR) is 91.3 cm³/mol. The number of hydrogen-bond donors (Lipinski definition) is 0. The summed E-state index contributed by atoms with van der Waals surface area (Å²) in [5.74, 6) is 0.0421. The average molecular weight is 310 g/mol. The largest absolute Gasteiger partial charge is 0.335 e. The van der Waals surface area contributed by atoms with Gasteiger partial charge in [-0.05, 0) is 37.6 Å². The van der Waals surface area contributed by atoms with Crippen LogP contribution in [0.5, 0.6) is 0 Å². The quantitative estimate of drug-likeness (QED) is 0.727. The molecular weight excluding hydrogens is 292 g/mol. The van der Waals surface area contributed by atoms with E-state index in [4.69, 9.17) is 0 Å². The Morgan fingerprint density at radius 3 is 2.73 bits per heavy atom. The zero-order valence-electron chi connectivity index (χ0n) is 13.0. The molecule has 112 valence electrons. The number of fused-ring (bicyclic) bond motifs is 1. The van der Waals surface area contributed by atoms with Crippen molar-refractivity contribution in [3.63, 3.8) is 0 Å². The van der Waals surface area contributed by atoms with Gasteiger partial charge in [0, 0.05) is 12.6 Å². The van der Waals surface area contributed by atoms with Crippen LogP contribution in [0.15, 0.2) is 42.5 Å². The van der Waals surface area contributed by atoms with Crippen molar-refractivity contribution in [2.45, 2.75) is 20.4 Å². The Labute approximate surface area is 134 Å². The van der Waals surface area contributed by atoms with Crippen LogP contribution in [0.2, 0.25) is 0 Å². The molecule has 2 aromatic carbocycles. The second-order valence-electron chi connectivity index (χ2n) is 5.55. The molecule has 0 N–H and O–H groups in total. The van der Waals surface area contributed by atoms with Crippen LogP contribution in [0.25, 0.3) is 10.2 Å². The van der Waals surface area contributed by atoms with Gasteiger partial charge in [0.05, 0.1) is 16.8 Å². The van der Waals surface area contributed by atoms with Gasteiger partial charge in [-0.2, -0.15) is 0 Å². The Hall–Kier alpha value is -2.20. The molecular formula is C18H18N2OS. The molecule has 1 heterocycles. The van der Waals surface area contributed by atoms with Gasteiger partial charge in [0.2, 0.25) is 0 Å². The molecule has 0 saturated carbocycles. The molecule has 0 atom stereocenters. The fourth-order valence-corrected chi connectivity index (χ4v) is 3.46. The number of aryl methyl sites for hydroxylation is 2. The van der Waals surface area contributed by atoms with E-state index in [0.29, 0.717) is 6.54 Å². The van der Waals surface area contributed by atoms with Crippen LogP contribution >= 0.6 is 11.3 Å². The lowest BCUT2D eigenvalue weighted by molar-refractivity contribution is 0.0784. The molecule has 3 nitrogen and oxygen atoms in total. The number of thiazole rings is 1. The van der Waals surface area contributed by atoms with Crippen molar-refractivity contribution in [3.05, 3.63) is 64.2 Å². The predicted octanol–water partition coefficient (Wildman–Crippen LogP) is 4.19. The van der Waals surface area contributed by atoms with Crippen LogP contribution in [0.3, 0.4) is 0 Å². The third kappa shape index (κ3) is 2.88. The molecule has 0 saturated heterocycles. The summed E-state index contributed by atoms with van der Waals surface area (Å²) in [4.78, 5) is 19.0. The molecule has 0 aliphatic carbocycles. The molecule has 1 amide bonds. The van der Waals surface area contributed by atoms with E-state index in [1.807, 2.05) is 57.3 Å². The van der Waals surface area contributed by atoms with E-state index in [0.717, 1.165) is 31.9 Å². The lowest BCUT2D eigenvalue weighted by atomic mass is 10.0. The van der Waals surface area contributed by atoms with Gasteiger partial charge >= 0.3 is 0 Å². The lowest BCUT2D eigenvalue weighted by Gasteiger charge is -2.17. The first kappa shape index (κ1) is 14.7. The Morgan fingerprint density at radius 1 is 1.18 bits per heavy atom. The number of aromatic nitrogens is 1. The Kier molecular flexibility index (Phi) is 3.94. The van der Waals surface area contributed by atoms with Gasteiger partial charge in [-0.25, -0.2) is 4.98 Å². The zero-order chi connectivity index (χ0) is 15.7. The minimum Gasteiger partial charge on any atom is -0.335 e. The third-order valence-electron chi connectivity index (χ3n) is 3.68. The smallest absolute Gasteiger partial charge is 0.254 e. The maximum atomic E-state index is 12.6. The van der Waals surface area contributed by atoms with Crippen LogP contribution in [0.1, 0.15) is 26.5 Å². The second kappa shape index (κ2) is 5.89. The first-order valence-electron chi connectivity index (χ1n) is 7.22. The molecule has 0 bridgehead atoms. The number of rotatable bonds is 3. The first-order valence-corrected chi connectivity index (χ1v) is 8.03. The van der Waals surface area contributed by atoms with Crippen molar-refractivity contribution in [1.29, 1.82) is 0 Å². The standard InChI is InChI=1S/C18H18N2OS/c1-12-8-9-13(2)14(10-12)18(21)20(3)11-17-19-15-6-4-5-7-16(15)22-17/h4-10H,11H2,1-3H3. The number of hydrogen-bond acceptors (Lipinski definition) is 3. The number of para-hydroxylation sites is 1. The van der Waals surface area contributed by atoms with Crippen molar-refractivity contribution in [2.75, 3.05) is 7.05 Å². The van der Waals surface area contributed by atoms with Crippen molar-refractivity contribution in [2.24, 2.45) is 0 Å². The van der Waals surface area contributed by atoms with Gasteiger partial charge < -0.3 is 4.90 Å². The highest BCUT2D eigenvalue weighted by Crippen LogP contribution is 2.23. The number of benzene rings is 2. The van der Waals surface area contributed by atoms with E-state index in [-0.39, 0.29) is 5.91 Å². The summed E-state index contributed by atoms with van der Waals surface area (Å²) in [5, 5.41) is 0.961. The van der Waals surface area contributed by atoms with E-state index in [1.165, 1.54) is 0 Å². The number of carbonyl (C=O) groups excluding carboxylic acids is 1. The van der Waals surface area contributed by atoms with Crippen LogP contribution in [-0.2, 0) is 6.54 Å². The van der Waals surface area contributed by atoms with E-state index in [2.05, 4.69) is 11.1 Å². The van der Waals surface area contributed by atoms with E-state index < -0.39 is 0 Å². The highest BCUT2D eigenvalue weighted by atomic mass is 32.1. The molecule has 0 spiro atoms. The van der Waals surface area contributed by atoms with Gasteiger partial charge in [0.15, 0.2) is 0 Å². The summed E-state index contributed by atoms with van der Waals surface area (Å²) in [6, 6.07) is 14.0. The fourth-order valence-electron chi connectivity index (χ4n) is 2.43. The Bertz CT molecular complexity index is 805. The number of carbonyl (C=O) groups is 1. The minimum absolute atomic E-state index is 0.0421. The molecule has 1 aromatic heterocycles. The van der Waals surface area contributed by atoms with Gasteiger partial charge in [-0.3, -0.25) is 4.79 Å². The van der Waals surface area contributed by atoms with Crippen LogP contribution in [-0.4, -0.2) is 22.8 Å². The molecule has 22 heavy (non-hydrogen) atoms.